The molecule has 0 fully saturated rings. The molecule has 2 amide bonds. The number of amides is 2. The van der Waals surface area contributed by atoms with E-state index in [9.17, 15) is 9.59 Å². The van der Waals surface area contributed by atoms with E-state index in [1.165, 1.54) is 0 Å². The normalized spacial score (nSPS) is 10.3. The first-order valence-corrected chi connectivity index (χ1v) is 10.4. The van der Waals surface area contributed by atoms with Gasteiger partial charge in [-0.25, -0.2) is 0 Å². The Morgan fingerprint density at radius 3 is 1.78 bits per heavy atom. The van der Waals surface area contributed by atoms with E-state index < -0.39 is 0 Å². The molecule has 3 aromatic carbocycles. The van der Waals surface area contributed by atoms with Crippen LogP contribution in [0, 0.1) is 7.14 Å². The fraction of sp³-hybridized carbons (Fsp3) is 0. The predicted molar refractivity (Wildman–Crippen MR) is 126 cm³/mol. The number of rotatable bonds is 4. The van der Waals surface area contributed by atoms with E-state index in [4.69, 9.17) is 11.6 Å². The molecular weight excluding hydrogens is 589 g/mol. The summed E-state index contributed by atoms with van der Waals surface area (Å²) in [6, 6.07) is 19.6. The van der Waals surface area contributed by atoms with Crippen LogP contribution in [0.5, 0.6) is 0 Å². The molecule has 0 atom stereocenters. The van der Waals surface area contributed by atoms with E-state index in [2.05, 4.69) is 55.8 Å². The Labute approximate surface area is 189 Å². The van der Waals surface area contributed by atoms with Crippen molar-refractivity contribution in [1.29, 1.82) is 0 Å². The van der Waals surface area contributed by atoms with E-state index in [0.717, 1.165) is 7.14 Å². The van der Waals surface area contributed by atoms with Gasteiger partial charge in [0.05, 0.1) is 21.8 Å². The smallest absolute Gasteiger partial charge is 0.256 e. The quantitative estimate of drug-likeness (QED) is 0.357. The number of benzene rings is 3. The minimum atomic E-state index is -0.238. The van der Waals surface area contributed by atoms with Crippen LogP contribution in [0.15, 0.2) is 66.7 Å². The molecule has 7 heteroatoms. The average molecular weight is 603 g/mol. The van der Waals surface area contributed by atoms with Crippen molar-refractivity contribution in [3.63, 3.8) is 0 Å². The van der Waals surface area contributed by atoms with Crippen molar-refractivity contribution >= 4 is 80.0 Å². The van der Waals surface area contributed by atoms with Gasteiger partial charge in [0.2, 0.25) is 0 Å². The van der Waals surface area contributed by atoms with Crippen molar-refractivity contribution < 1.29 is 9.59 Å². The van der Waals surface area contributed by atoms with Gasteiger partial charge in [0, 0.05) is 12.8 Å². The summed E-state index contributed by atoms with van der Waals surface area (Å²) in [7, 11) is 0. The first kappa shape index (κ1) is 20.1. The Hall–Kier alpha value is -1.65. The minimum Gasteiger partial charge on any atom is -0.322 e. The maximum atomic E-state index is 12.4. The van der Waals surface area contributed by atoms with Crippen molar-refractivity contribution in [3.8, 4) is 0 Å². The largest absolute Gasteiger partial charge is 0.322 e. The molecule has 27 heavy (non-hydrogen) atoms. The molecule has 0 aliphatic rings. The first-order chi connectivity index (χ1) is 13.0. The molecule has 0 saturated carbocycles. The molecule has 0 spiro atoms. The van der Waals surface area contributed by atoms with Crippen LogP contribution in [0.4, 0.5) is 11.4 Å². The van der Waals surface area contributed by atoms with Crippen LogP contribution in [0.3, 0.4) is 0 Å². The minimum absolute atomic E-state index is 0.216. The Kier molecular flexibility index (Phi) is 6.72. The van der Waals surface area contributed by atoms with Gasteiger partial charge < -0.3 is 10.6 Å². The van der Waals surface area contributed by atoms with Crippen molar-refractivity contribution in [2.75, 3.05) is 10.6 Å². The summed E-state index contributed by atoms with van der Waals surface area (Å²) in [5, 5.41) is 5.96. The summed E-state index contributed by atoms with van der Waals surface area (Å²) >= 11 is 10.5. The van der Waals surface area contributed by atoms with E-state index in [1.54, 1.807) is 30.3 Å². The maximum absolute atomic E-state index is 12.4. The second kappa shape index (κ2) is 9.03. The number of nitrogens with one attached hydrogen (secondary N) is 2. The summed E-state index contributed by atoms with van der Waals surface area (Å²) in [4.78, 5) is 24.8. The van der Waals surface area contributed by atoms with Gasteiger partial charge in [-0.05, 0) is 87.6 Å². The van der Waals surface area contributed by atoms with Gasteiger partial charge in [0.1, 0.15) is 0 Å². The number of hydrogen-bond donors (Lipinski definition) is 2. The summed E-state index contributed by atoms with van der Waals surface area (Å²) in [6.07, 6.45) is 0. The molecular formula is C20H13ClI2N2O2. The molecule has 4 nitrogen and oxygen atoms in total. The van der Waals surface area contributed by atoms with E-state index in [1.807, 2.05) is 36.4 Å². The highest BCUT2D eigenvalue weighted by Crippen LogP contribution is 2.27. The van der Waals surface area contributed by atoms with Crippen LogP contribution in [-0.4, -0.2) is 11.8 Å². The van der Waals surface area contributed by atoms with Gasteiger partial charge >= 0.3 is 0 Å². The zero-order chi connectivity index (χ0) is 19.4. The highest BCUT2D eigenvalue weighted by molar-refractivity contribution is 14.1. The summed E-state index contributed by atoms with van der Waals surface area (Å²) in [5.41, 5.74) is 2.20. The maximum Gasteiger partial charge on any atom is 0.256 e. The summed E-state index contributed by atoms with van der Waals surface area (Å²) in [5.74, 6) is -0.454. The second-order valence-electron chi connectivity index (χ2n) is 5.56. The van der Waals surface area contributed by atoms with Gasteiger partial charge in [0.25, 0.3) is 11.8 Å². The second-order valence-corrected chi connectivity index (χ2v) is 8.29. The van der Waals surface area contributed by atoms with Gasteiger partial charge in [-0.2, -0.15) is 0 Å². The number of halogens is 3. The molecule has 0 aliphatic carbocycles. The van der Waals surface area contributed by atoms with Crippen LogP contribution < -0.4 is 10.6 Å². The van der Waals surface area contributed by atoms with Crippen molar-refractivity contribution in [2.24, 2.45) is 0 Å². The SMILES string of the molecule is O=C(Nc1ccc(NC(=O)c2ccccc2I)c(Cl)c1)c1ccccc1I. The van der Waals surface area contributed by atoms with Crippen LogP contribution >= 0.6 is 56.8 Å². The van der Waals surface area contributed by atoms with Crippen molar-refractivity contribution in [2.45, 2.75) is 0 Å². The van der Waals surface area contributed by atoms with Gasteiger partial charge in [-0.3, -0.25) is 9.59 Å². The molecule has 136 valence electrons. The fourth-order valence-electron chi connectivity index (χ4n) is 2.37. The lowest BCUT2D eigenvalue weighted by Gasteiger charge is -2.11. The molecule has 0 aliphatic heterocycles. The molecule has 0 radical (unpaired) electrons. The van der Waals surface area contributed by atoms with E-state index in [0.29, 0.717) is 27.5 Å². The highest BCUT2D eigenvalue weighted by Gasteiger charge is 2.13. The topological polar surface area (TPSA) is 58.2 Å². The predicted octanol–water partition coefficient (Wildman–Crippen LogP) is 6.05. The van der Waals surface area contributed by atoms with Crippen LogP contribution in [0.25, 0.3) is 0 Å². The summed E-state index contributed by atoms with van der Waals surface area (Å²) in [6.45, 7) is 0. The number of hydrogen-bond acceptors (Lipinski definition) is 2. The number of carbonyl (C=O) groups excluding carboxylic acids is 2. The average Bonchev–Trinajstić information content (AvgIpc) is 2.64. The monoisotopic (exact) mass is 602 g/mol. The van der Waals surface area contributed by atoms with Crippen LogP contribution in [0.2, 0.25) is 5.02 Å². The highest BCUT2D eigenvalue weighted by atomic mass is 127. The van der Waals surface area contributed by atoms with Crippen molar-refractivity contribution in [3.05, 3.63) is 90.0 Å². The molecule has 0 unspecified atom stereocenters. The Morgan fingerprint density at radius 2 is 1.26 bits per heavy atom. The van der Waals surface area contributed by atoms with Gasteiger partial charge in [0.15, 0.2) is 0 Å². The molecule has 0 heterocycles. The third kappa shape index (κ3) is 4.99. The fourth-order valence-corrected chi connectivity index (χ4v) is 3.87. The molecule has 3 aromatic rings. The molecule has 3 rings (SSSR count). The Balaban J connectivity index is 1.74. The summed E-state index contributed by atoms with van der Waals surface area (Å²) < 4.78 is 1.71. The Morgan fingerprint density at radius 1 is 0.741 bits per heavy atom. The van der Waals surface area contributed by atoms with Crippen LogP contribution in [-0.2, 0) is 0 Å². The lowest BCUT2D eigenvalue weighted by molar-refractivity contribution is 0.101. The van der Waals surface area contributed by atoms with E-state index in [-0.39, 0.29) is 11.8 Å². The number of carbonyl (C=O) groups is 2. The van der Waals surface area contributed by atoms with Crippen molar-refractivity contribution in [1.82, 2.24) is 0 Å². The molecule has 0 aromatic heterocycles. The van der Waals surface area contributed by atoms with Gasteiger partial charge in [-0.1, -0.05) is 35.9 Å². The third-order valence-corrected chi connectivity index (χ3v) is 5.91. The third-order valence-electron chi connectivity index (χ3n) is 3.71. The lowest BCUT2D eigenvalue weighted by atomic mass is 10.2. The zero-order valence-corrected chi connectivity index (χ0v) is 18.9. The van der Waals surface area contributed by atoms with E-state index >= 15 is 0 Å². The Bertz CT molecular complexity index is 1020. The molecule has 2 N–H and O–H groups in total. The first-order valence-electron chi connectivity index (χ1n) is 7.87. The lowest BCUT2D eigenvalue weighted by Crippen LogP contribution is -2.15. The van der Waals surface area contributed by atoms with Gasteiger partial charge in [-0.15, -0.1) is 0 Å². The van der Waals surface area contributed by atoms with Crippen LogP contribution in [0.1, 0.15) is 20.7 Å². The molecule has 0 bridgehead atoms. The number of anilines is 2. The zero-order valence-electron chi connectivity index (χ0n) is 13.8. The standard InChI is InChI=1S/C20H13ClI2N2O2/c21-15-11-12(24-19(26)13-5-1-3-7-16(13)22)9-10-18(15)25-20(27)14-6-2-4-8-17(14)23/h1-11H,(H,24,26)(H,25,27). The molecule has 0 saturated heterocycles.